The van der Waals surface area contributed by atoms with Crippen molar-refractivity contribution in [2.75, 3.05) is 0 Å². The summed E-state index contributed by atoms with van der Waals surface area (Å²) in [4.78, 5) is 11.7. The molecule has 0 saturated heterocycles. The van der Waals surface area contributed by atoms with E-state index < -0.39 is 11.7 Å². The summed E-state index contributed by atoms with van der Waals surface area (Å²) in [5.74, 6) is -1.71. The van der Waals surface area contributed by atoms with E-state index >= 15 is 0 Å². The van der Waals surface area contributed by atoms with E-state index in [0.29, 0.717) is 4.47 Å². The summed E-state index contributed by atoms with van der Waals surface area (Å²) < 4.78 is 14.1. The fraction of sp³-hybridized carbons (Fsp3) is 0. The van der Waals surface area contributed by atoms with Crippen LogP contribution in [0.2, 0.25) is 0 Å². The zero-order chi connectivity index (χ0) is 15.4. The van der Waals surface area contributed by atoms with Crippen molar-refractivity contribution in [1.29, 1.82) is 0 Å². The van der Waals surface area contributed by atoms with E-state index in [-0.39, 0.29) is 22.6 Å². The first-order valence-electron chi connectivity index (χ1n) is 5.78. The summed E-state index contributed by atoms with van der Waals surface area (Å²) in [6.07, 6.45) is 1.15. The van der Waals surface area contributed by atoms with Gasteiger partial charge in [0.15, 0.2) is 0 Å². The van der Waals surface area contributed by atoms with Gasteiger partial charge in [-0.3, -0.25) is 4.79 Å². The molecule has 7 heteroatoms. The number of hydrogen-bond acceptors (Lipinski definition) is 4. The Hall–Kier alpha value is -2.41. The normalized spacial score (nSPS) is 10.8. The number of phenols is 2. The highest BCUT2D eigenvalue weighted by Gasteiger charge is 2.10. The minimum atomic E-state index is -0.681. The summed E-state index contributed by atoms with van der Waals surface area (Å²) in [6.45, 7) is 0. The molecule has 108 valence electrons. The summed E-state index contributed by atoms with van der Waals surface area (Å²) in [5.41, 5.74) is 2.30. The number of benzene rings is 2. The topological polar surface area (TPSA) is 81.9 Å². The van der Waals surface area contributed by atoms with E-state index in [1.54, 1.807) is 6.07 Å². The standard InChI is InChI=1S/C14H10BrFN2O3/c15-9-1-4-12(16)8(5-9)7-17-18-14(21)11-3-2-10(19)6-13(11)20/h1-7,19-20H,(H,18,21)/b17-7+. The minimum Gasteiger partial charge on any atom is -0.508 e. The Morgan fingerprint density at radius 1 is 1.24 bits per heavy atom. The van der Waals surface area contributed by atoms with Crippen LogP contribution >= 0.6 is 15.9 Å². The number of hydrazone groups is 1. The van der Waals surface area contributed by atoms with Crippen molar-refractivity contribution >= 4 is 28.1 Å². The van der Waals surface area contributed by atoms with Crippen molar-refractivity contribution in [1.82, 2.24) is 5.43 Å². The molecule has 0 radical (unpaired) electrons. The number of nitrogens with one attached hydrogen (secondary N) is 1. The lowest BCUT2D eigenvalue weighted by molar-refractivity contribution is 0.0952. The van der Waals surface area contributed by atoms with Crippen molar-refractivity contribution in [3.8, 4) is 11.5 Å². The SMILES string of the molecule is O=C(N/N=C/c1cc(Br)ccc1F)c1ccc(O)cc1O. The largest absolute Gasteiger partial charge is 0.508 e. The Bertz CT molecular complexity index is 719. The van der Waals surface area contributed by atoms with Gasteiger partial charge in [-0.25, -0.2) is 9.82 Å². The quantitative estimate of drug-likeness (QED) is 0.586. The molecule has 3 N–H and O–H groups in total. The van der Waals surface area contributed by atoms with Gasteiger partial charge in [-0.05, 0) is 30.3 Å². The first kappa shape index (κ1) is 15.0. The number of carbonyl (C=O) groups excluding carboxylic acids is 1. The molecule has 0 spiro atoms. The average molecular weight is 353 g/mol. The molecule has 0 aliphatic carbocycles. The van der Waals surface area contributed by atoms with Crippen LogP contribution in [-0.4, -0.2) is 22.3 Å². The van der Waals surface area contributed by atoms with Gasteiger partial charge < -0.3 is 10.2 Å². The van der Waals surface area contributed by atoms with Crippen LogP contribution in [0.5, 0.6) is 11.5 Å². The Kier molecular flexibility index (Phi) is 4.54. The van der Waals surface area contributed by atoms with Crippen molar-refractivity contribution < 1.29 is 19.4 Å². The lowest BCUT2D eigenvalue weighted by atomic mass is 10.2. The predicted molar refractivity (Wildman–Crippen MR) is 78.9 cm³/mol. The Morgan fingerprint density at radius 2 is 2.00 bits per heavy atom. The van der Waals surface area contributed by atoms with Crippen molar-refractivity contribution in [3.05, 3.63) is 57.8 Å². The van der Waals surface area contributed by atoms with Gasteiger partial charge in [-0.15, -0.1) is 0 Å². The third-order valence-electron chi connectivity index (χ3n) is 2.55. The van der Waals surface area contributed by atoms with Gasteiger partial charge >= 0.3 is 0 Å². The lowest BCUT2D eigenvalue weighted by Crippen LogP contribution is -2.17. The van der Waals surface area contributed by atoms with Crippen LogP contribution in [0.15, 0.2) is 46.0 Å². The van der Waals surface area contributed by atoms with E-state index in [1.165, 1.54) is 24.3 Å². The van der Waals surface area contributed by atoms with Crippen LogP contribution in [0.25, 0.3) is 0 Å². The maximum atomic E-state index is 13.4. The van der Waals surface area contributed by atoms with Crippen molar-refractivity contribution in [3.63, 3.8) is 0 Å². The minimum absolute atomic E-state index is 0.0559. The highest BCUT2D eigenvalue weighted by Crippen LogP contribution is 2.22. The number of rotatable bonds is 3. The first-order valence-corrected chi connectivity index (χ1v) is 6.57. The fourth-order valence-electron chi connectivity index (χ4n) is 1.55. The van der Waals surface area contributed by atoms with Gasteiger partial charge in [0.05, 0.1) is 11.8 Å². The molecular formula is C14H10BrFN2O3. The molecule has 5 nitrogen and oxygen atoms in total. The van der Waals surface area contributed by atoms with Crippen LogP contribution in [0.4, 0.5) is 4.39 Å². The third kappa shape index (κ3) is 3.79. The second kappa shape index (κ2) is 6.36. The van der Waals surface area contributed by atoms with E-state index in [4.69, 9.17) is 5.11 Å². The first-order chi connectivity index (χ1) is 9.97. The molecule has 0 aliphatic heterocycles. The molecule has 0 atom stereocenters. The Morgan fingerprint density at radius 3 is 2.71 bits per heavy atom. The van der Waals surface area contributed by atoms with Crippen LogP contribution in [0.3, 0.4) is 0 Å². The van der Waals surface area contributed by atoms with Gasteiger partial charge in [-0.1, -0.05) is 15.9 Å². The molecule has 0 saturated carbocycles. The molecule has 2 aromatic carbocycles. The average Bonchev–Trinajstić information content (AvgIpc) is 2.42. The highest BCUT2D eigenvalue weighted by molar-refractivity contribution is 9.10. The summed E-state index contributed by atoms with van der Waals surface area (Å²) in [7, 11) is 0. The molecule has 0 unspecified atom stereocenters. The van der Waals surface area contributed by atoms with Gasteiger partial charge in [0.2, 0.25) is 0 Å². The molecule has 0 aromatic heterocycles. The van der Waals surface area contributed by atoms with E-state index in [0.717, 1.165) is 12.3 Å². The fourth-order valence-corrected chi connectivity index (χ4v) is 1.93. The van der Waals surface area contributed by atoms with Gasteiger partial charge in [-0.2, -0.15) is 5.10 Å². The number of halogens is 2. The number of aromatic hydroxyl groups is 2. The maximum absolute atomic E-state index is 13.4. The Balaban J connectivity index is 2.10. The van der Waals surface area contributed by atoms with Crippen LogP contribution in [-0.2, 0) is 0 Å². The van der Waals surface area contributed by atoms with Gasteiger partial charge in [0, 0.05) is 16.1 Å². The van der Waals surface area contributed by atoms with Gasteiger partial charge in [0.1, 0.15) is 17.3 Å². The number of amides is 1. The number of carbonyl (C=O) groups is 1. The summed E-state index contributed by atoms with van der Waals surface area (Å²) in [5, 5.41) is 22.3. The number of hydrogen-bond donors (Lipinski definition) is 3. The predicted octanol–water partition coefficient (Wildman–Crippen LogP) is 2.76. The monoisotopic (exact) mass is 352 g/mol. The molecule has 2 rings (SSSR count). The second-order valence-corrected chi connectivity index (χ2v) is 4.98. The molecule has 2 aromatic rings. The molecule has 1 amide bonds. The van der Waals surface area contributed by atoms with E-state index in [2.05, 4.69) is 26.5 Å². The van der Waals surface area contributed by atoms with Crippen molar-refractivity contribution in [2.45, 2.75) is 0 Å². The zero-order valence-corrected chi connectivity index (χ0v) is 12.1. The molecule has 0 aliphatic rings. The molecule has 21 heavy (non-hydrogen) atoms. The van der Waals surface area contributed by atoms with Crippen LogP contribution < -0.4 is 5.43 Å². The zero-order valence-electron chi connectivity index (χ0n) is 10.5. The molecular weight excluding hydrogens is 343 g/mol. The van der Waals surface area contributed by atoms with Gasteiger partial charge in [0.25, 0.3) is 5.91 Å². The van der Waals surface area contributed by atoms with Crippen molar-refractivity contribution in [2.24, 2.45) is 5.10 Å². The van der Waals surface area contributed by atoms with E-state index in [9.17, 15) is 14.3 Å². The van der Waals surface area contributed by atoms with E-state index in [1.807, 2.05) is 0 Å². The van der Waals surface area contributed by atoms with Crippen LogP contribution in [0.1, 0.15) is 15.9 Å². The summed E-state index contributed by atoms with van der Waals surface area (Å²) >= 11 is 3.20. The second-order valence-electron chi connectivity index (χ2n) is 4.07. The van der Waals surface area contributed by atoms with Crippen LogP contribution in [0, 0.1) is 5.82 Å². The summed E-state index contributed by atoms with van der Waals surface area (Å²) in [6, 6.07) is 7.84. The molecule has 0 fully saturated rings. The third-order valence-corrected chi connectivity index (χ3v) is 3.05. The molecule has 0 heterocycles. The maximum Gasteiger partial charge on any atom is 0.275 e. The molecule has 0 bridgehead atoms. The highest BCUT2D eigenvalue weighted by atomic mass is 79.9. The smallest absolute Gasteiger partial charge is 0.275 e. The Labute approximate surface area is 127 Å². The number of phenolic OH excluding ortho intramolecular Hbond substituents is 2. The lowest BCUT2D eigenvalue weighted by Gasteiger charge is -2.03. The number of nitrogens with zero attached hydrogens (tertiary/aromatic N) is 1.